The largest absolute Gasteiger partial charge is 0.333 e. The maximum atomic E-state index is 12.7. The van der Waals surface area contributed by atoms with E-state index in [1.165, 1.54) is 0 Å². The molecular weight excluding hydrogens is 280 g/mol. The van der Waals surface area contributed by atoms with Crippen molar-refractivity contribution >= 4 is 28.5 Å². The number of thioether (sulfide) groups is 1. The Labute approximate surface area is 127 Å². The third-order valence-corrected chi connectivity index (χ3v) is 3.96. The predicted molar refractivity (Wildman–Crippen MR) is 90.5 cm³/mol. The summed E-state index contributed by atoms with van der Waals surface area (Å²) < 4.78 is 3.47. The summed E-state index contributed by atoms with van der Waals surface area (Å²) in [5.41, 5.74) is 3.77. The van der Waals surface area contributed by atoms with Gasteiger partial charge in [-0.25, -0.2) is 4.79 Å². The molecule has 2 aromatic carbocycles. The molecule has 3 rings (SSSR count). The zero-order chi connectivity index (χ0) is 14.8. The van der Waals surface area contributed by atoms with E-state index in [-0.39, 0.29) is 5.69 Å². The first-order chi connectivity index (χ1) is 10.2. The van der Waals surface area contributed by atoms with Crippen LogP contribution in [0.4, 0.5) is 0 Å². The molecule has 3 aromatic rings. The van der Waals surface area contributed by atoms with E-state index in [2.05, 4.69) is 0 Å². The highest BCUT2D eigenvalue weighted by atomic mass is 32.2. The Kier molecular flexibility index (Phi) is 3.71. The lowest BCUT2D eigenvalue weighted by molar-refractivity contribution is 0.854. The number of aryl methyl sites for hydroxylation is 1. The molecule has 1 heterocycles. The van der Waals surface area contributed by atoms with Crippen molar-refractivity contribution in [3.63, 3.8) is 0 Å². The smallest absolute Gasteiger partial charge is 0.295 e. The van der Waals surface area contributed by atoms with E-state index < -0.39 is 0 Å². The maximum absolute atomic E-state index is 12.7. The van der Waals surface area contributed by atoms with Gasteiger partial charge in [-0.3, -0.25) is 9.13 Å². The van der Waals surface area contributed by atoms with E-state index >= 15 is 0 Å². The molecule has 0 amide bonds. The Hall–Kier alpha value is -2.20. The second-order valence-corrected chi connectivity index (χ2v) is 5.48. The van der Waals surface area contributed by atoms with Gasteiger partial charge in [-0.1, -0.05) is 42.5 Å². The summed E-state index contributed by atoms with van der Waals surface area (Å²) in [6, 6.07) is 17.9. The second kappa shape index (κ2) is 5.66. The summed E-state index contributed by atoms with van der Waals surface area (Å²) in [5, 5.41) is 2.02. The fourth-order valence-electron chi connectivity index (χ4n) is 2.50. The molecule has 0 atom stereocenters. The number of benzene rings is 2. The highest BCUT2D eigenvalue weighted by Gasteiger charge is 2.14. The third kappa shape index (κ3) is 2.32. The molecule has 4 heteroatoms. The van der Waals surface area contributed by atoms with Crippen LogP contribution in [-0.2, 0) is 7.05 Å². The van der Waals surface area contributed by atoms with Gasteiger partial charge in [-0.2, -0.15) is 0 Å². The van der Waals surface area contributed by atoms with Gasteiger partial charge in [0.1, 0.15) is 0 Å². The first kappa shape index (κ1) is 13.8. The number of para-hydroxylation sites is 2. The molecule has 0 aliphatic carbocycles. The number of imidazole rings is 1. The summed E-state index contributed by atoms with van der Waals surface area (Å²) in [5.74, 6) is 0. The average Bonchev–Trinajstić information content (AvgIpc) is 2.78. The minimum absolute atomic E-state index is 0.0275. The lowest BCUT2D eigenvalue weighted by atomic mass is 10.1. The van der Waals surface area contributed by atoms with Crippen LogP contribution in [0.5, 0.6) is 0 Å². The van der Waals surface area contributed by atoms with Gasteiger partial charge in [-0.15, -0.1) is 11.8 Å². The zero-order valence-electron chi connectivity index (χ0n) is 12.0. The lowest BCUT2D eigenvalue weighted by Gasteiger charge is -2.09. The van der Waals surface area contributed by atoms with Gasteiger partial charge in [0.2, 0.25) is 0 Å². The molecule has 0 aliphatic heterocycles. The van der Waals surface area contributed by atoms with Crippen molar-refractivity contribution in [1.82, 2.24) is 9.13 Å². The van der Waals surface area contributed by atoms with Crippen molar-refractivity contribution in [2.45, 2.75) is 0 Å². The van der Waals surface area contributed by atoms with Gasteiger partial charge in [0.05, 0.1) is 16.7 Å². The summed E-state index contributed by atoms with van der Waals surface area (Å²) in [6.07, 6.45) is 2.00. The van der Waals surface area contributed by atoms with Crippen LogP contribution in [0.3, 0.4) is 0 Å². The van der Waals surface area contributed by atoms with Crippen molar-refractivity contribution in [2.75, 3.05) is 6.26 Å². The zero-order valence-corrected chi connectivity index (χ0v) is 12.8. The van der Waals surface area contributed by atoms with Crippen LogP contribution in [0.25, 0.3) is 16.7 Å². The Morgan fingerprint density at radius 1 is 1.00 bits per heavy atom. The summed E-state index contributed by atoms with van der Waals surface area (Å²) in [6.45, 7) is 0. The number of hydrogen-bond acceptors (Lipinski definition) is 2. The number of aromatic nitrogens is 2. The van der Waals surface area contributed by atoms with Crippen molar-refractivity contribution in [3.8, 4) is 0 Å². The summed E-state index contributed by atoms with van der Waals surface area (Å²) in [7, 11) is 1.81. The van der Waals surface area contributed by atoms with Gasteiger partial charge in [-0.05, 0) is 29.4 Å². The van der Waals surface area contributed by atoms with Crippen LogP contribution >= 0.6 is 11.8 Å². The lowest BCUT2D eigenvalue weighted by Crippen LogP contribution is -2.22. The number of rotatable bonds is 3. The maximum Gasteiger partial charge on any atom is 0.333 e. The van der Waals surface area contributed by atoms with Crippen LogP contribution < -0.4 is 5.69 Å². The monoisotopic (exact) mass is 296 g/mol. The molecule has 0 radical (unpaired) electrons. The number of hydrogen-bond donors (Lipinski definition) is 0. The number of nitrogens with zero attached hydrogens (tertiary/aromatic N) is 2. The molecule has 0 fully saturated rings. The average molecular weight is 296 g/mol. The van der Waals surface area contributed by atoms with Crippen molar-refractivity contribution in [1.29, 1.82) is 0 Å². The Balaban J connectivity index is 2.34. The van der Waals surface area contributed by atoms with Gasteiger partial charge in [0, 0.05) is 7.05 Å². The van der Waals surface area contributed by atoms with Crippen molar-refractivity contribution < 1.29 is 0 Å². The van der Waals surface area contributed by atoms with Crippen LogP contribution in [0.15, 0.2) is 64.8 Å². The molecule has 0 N–H and O–H groups in total. The van der Waals surface area contributed by atoms with E-state index in [0.29, 0.717) is 0 Å². The number of fused-ring (bicyclic) bond motifs is 1. The summed E-state index contributed by atoms with van der Waals surface area (Å²) in [4.78, 5) is 12.7. The van der Waals surface area contributed by atoms with Crippen molar-refractivity contribution in [2.24, 2.45) is 7.05 Å². The Morgan fingerprint density at radius 2 is 1.62 bits per heavy atom. The molecule has 1 aromatic heterocycles. The molecule has 0 aliphatic rings. The van der Waals surface area contributed by atoms with E-state index in [9.17, 15) is 4.79 Å². The molecule has 0 spiro atoms. The molecule has 106 valence electrons. The van der Waals surface area contributed by atoms with Crippen LogP contribution in [-0.4, -0.2) is 15.4 Å². The Morgan fingerprint density at radius 3 is 2.29 bits per heavy atom. The minimum atomic E-state index is -0.0275. The van der Waals surface area contributed by atoms with E-state index in [0.717, 1.165) is 22.3 Å². The highest BCUT2D eigenvalue weighted by Crippen LogP contribution is 2.23. The fraction of sp³-hybridized carbons (Fsp3) is 0.118. The standard InChI is InChI=1S/C17H16N2OS/c1-18-14-10-6-7-11-15(14)19(17(18)20)16(12-21-2)13-8-4-3-5-9-13/h3-12H,1-2H3/b16-12-. The second-order valence-electron chi connectivity index (χ2n) is 4.77. The first-order valence-electron chi connectivity index (χ1n) is 6.69. The molecular formula is C17H16N2OS. The first-order valence-corrected chi connectivity index (χ1v) is 7.98. The van der Waals surface area contributed by atoms with Crippen LogP contribution in [0.2, 0.25) is 0 Å². The molecule has 0 saturated heterocycles. The quantitative estimate of drug-likeness (QED) is 0.739. The van der Waals surface area contributed by atoms with Gasteiger partial charge in [0.15, 0.2) is 0 Å². The van der Waals surface area contributed by atoms with E-state index in [4.69, 9.17) is 0 Å². The topological polar surface area (TPSA) is 26.9 Å². The molecule has 21 heavy (non-hydrogen) atoms. The highest BCUT2D eigenvalue weighted by molar-refractivity contribution is 8.01. The van der Waals surface area contributed by atoms with E-state index in [1.54, 1.807) is 20.9 Å². The summed E-state index contributed by atoms with van der Waals surface area (Å²) >= 11 is 1.59. The Bertz CT molecular complexity index is 859. The normalized spacial score (nSPS) is 12.0. The van der Waals surface area contributed by atoms with Gasteiger partial charge >= 0.3 is 5.69 Å². The molecule has 3 nitrogen and oxygen atoms in total. The third-order valence-electron chi connectivity index (χ3n) is 3.50. The van der Waals surface area contributed by atoms with Crippen LogP contribution in [0, 0.1) is 0 Å². The van der Waals surface area contributed by atoms with E-state index in [1.807, 2.05) is 73.3 Å². The van der Waals surface area contributed by atoms with Crippen molar-refractivity contribution in [3.05, 3.63) is 76.1 Å². The molecule has 0 unspecified atom stereocenters. The predicted octanol–water partition coefficient (Wildman–Crippen LogP) is 3.55. The fourth-order valence-corrected chi connectivity index (χ4v) is 2.96. The van der Waals surface area contributed by atoms with Crippen LogP contribution in [0.1, 0.15) is 5.56 Å². The molecule has 0 saturated carbocycles. The molecule has 0 bridgehead atoms. The minimum Gasteiger partial charge on any atom is -0.295 e. The SMILES string of the molecule is CS/C=C(/c1ccccc1)n1c(=O)n(C)c2ccccc21. The van der Waals surface area contributed by atoms with Gasteiger partial charge < -0.3 is 0 Å². The van der Waals surface area contributed by atoms with Gasteiger partial charge in [0.25, 0.3) is 0 Å².